The van der Waals surface area contributed by atoms with Gasteiger partial charge >= 0.3 is 0 Å². The van der Waals surface area contributed by atoms with Crippen LogP contribution in [0.25, 0.3) is 0 Å². The average Bonchev–Trinajstić information content (AvgIpc) is 2.89. The lowest BCUT2D eigenvalue weighted by molar-refractivity contribution is 0.0977. The number of nitrogens with one attached hydrogen (secondary N) is 2. The second-order valence-electron chi connectivity index (χ2n) is 8.65. The number of carbonyl (C=O) groups is 1. The number of carbonyl (C=O) groups excluding carboxylic acids is 1. The van der Waals surface area contributed by atoms with Crippen molar-refractivity contribution < 1.29 is 17.9 Å². The summed E-state index contributed by atoms with van der Waals surface area (Å²) in [5.41, 5.74) is 1.55. The highest BCUT2D eigenvalue weighted by atomic mass is 79.9. The van der Waals surface area contributed by atoms with Gasteiger partial charge in [0.2, 0.25) is 0 Å². The van der Waals surface area contributed by atoms with Crippen LogP contribution < -0.4 is 19.7 Å². The van der Waals surface area contributed by atoms with Crippen molar-refractivity contribution in [3.05, 3.63) is 82.8 Å². The molecule has 3 rings (SSSR count). The van der Waals surface area contributed by atoms with Gasteiger partial charge in [0.1, 0.15) is 5.75 Å². The number of anilines is 2. The lowest BCUT2D eigenvalue weighted by Crippen LogP contribution is -2.34. The number of halogens is 1. The molecule has 7 nitrogen and oxygen atoms in total. The molecule has 0 spiro atoms. The number of rotatable bonds is 11. The van der Waals surface area contributed by atoms with Crippen LogP contribution >= 0.6 is 28.1 Å². The van der Waals surface area contributed by atoms with E-state index in [0.717, 1.165) is 19.3 Å². The van der Waals surface area contributed by atoms with Crippen molar-refractivity contribution in [2.24, 2.45) is 0 Å². The van der Waals surface area contributed by atoms with Crippen LogP contribution in [0, 0.1) is 0 Å². The van der Waals surface area contributed by atoms with E-state index in [0.29, 0.717) is 33.7 Å². The highest BCUT2D eigenvalue weighted by Crippen LogP contribution is 2.28. The molecule has 1 atom stereocenters. The Labute approximate surface area is 238 Å². The molecule has 0 saturated carbocycles. The molecular weight excluding hydrogens is 586 g/mol. The number of ether oxygens (including phenoxy) is 1. The van der Waals surface area contributed by atoms with Crippen molar-refractivity contribution in [2.75, 3.05) is 16.2 Å². The second-order valence-corrected chi connectivity index (χ2v) is 11.8. The first-order valence-corrected chi connectivity index (χ1v) is 15.1. The predicted octanol–water partition coefficient (Wildman–Crippen LogP) is 6.75. The monoisotopic (exact) mass is 617 g/mol. The summed E-state index contributed by atoms with van der Waals surface area (Å²) in [6.07, 6.45) is 3.24. The van der Waals surface area contributed by atoms with Gasteiger partial charge < -0.3 is 10.1 Å². The van der Waals surface area contributed by atoms with Crippen molar-refractivity contribution in [1.29, 1.82) is 0 Å². The van der Waals surface area contributed by atoms with Gasteiger partial charge in [-0.2, -0.15) is 0 Å². The van der Waals surface area contributed by atoms with Crippen LogP contribution in [-0.2, 0) is 10.0 Å². The number of para-hydroxylation sites is 1. The van der Waals surface area contributed by atoms with Crippen molar-refractivity contribution in [2.45, 2.75) is 51.0 Å². The van der Waals surface area contributed by atoms with Crippen molar-refractivity contribution in [3.8, 4) is 5.75 Å². The third kappa shape index (κ3) is 7.78. The zero-order chi connectivity index (χ0) is 27.7. The topological polar surface area (TPSA) is 87.7 Å². The van der Waals surface area contributed by atoms with E-state index in [1.807, 2.05) is 13.0 Å². The molecule has 0 heterocycles. The Hall–Kier alpha value is -2.95. The predicted molar refractivity (Wildman–Crippen MR) is 161 cm³/mol. The van der Waals surface area contributed by atoms with Gasteiger partial charge in [-0.05, 0) is 103 Å². The number of thiocarbonyl (C=S) groups is 1. The number of hydrogen-bond donors (Lipinski definition) is 2. The fourth-order valence-corrected chi connectivity index (χ4v) is 5.92. The van der Waals surface area contributed by atoms with Crippen LogP contribution in [-0.4, -0.2) is 32.1 Å². The Bertz CT molecular complexity index is 1350. The number of sulfonamides is 1. The summed E-state index contributed by atoms with van der Waals surface area (Å²) in [7, 11) is -3.74. The average molecular weight is 619 g/mol. The number of amides is 1. The van der Waals surface area contributed by atoms with Crippen LogP contribution in [0.3, 0.4) is 0 Å². The Kier molecular flexibility index (Phi) is 10.7. The van der Waals surface area contributed by atoms with Crippen LogP contribution in [0.2, 0.25) is 0 Å². The fourth-order valence-electron chi connectivity index (χ4n) is 3.77. The SMILES string of the molecule is CCCCC(C)Oc1ccc(C(=O)NC(=S)Nc2ccc(S(=O)(=O)N(CC)c3ccccc3)cc2)cc1Br. The standard InChI is InChI=1S/C28H32BrN3O4S2/c1-4-6-10-20(3)36-26-18-13-21(19-25(26)29)27(33)31-28(37)30-22-14-16-24(17-15-22)38(34,35)32(5-2)23-11-8-7-9-12-23/h7-9,11-20H,4-6,10H2,1-3H3,(H2,30,31,33,37). The van der Waals surface area contributed by atoms with Gasteiger partial charge in [0.25, 0.3) is 15.9 Å². The molecule has 0 aliphatic carbocycles. The highest BCUT2D eigenvalue weighted by Gasteiger charge is 2.23. The quantitative estimate of drug-likeness (QED) is 0.231. The molecule has 0 bridgehead atoms. The zero-order valence-corrected chi connectivity index (χ0v) is 24.8. The van der Waals surface area contributed by atoms with Gasteiger partial charge in [-0.1, -0.05) is 38.0 Å². The van der Waals surface area contributed by atoms with Gasteiger partial charge in [-0.3, -0.25) is 14.4 Å². The fraction of sp³-hybridized carbons (Fsp3) is 0.286. The Morgan fingerprint density at radius 1 is 1.05 bits per heavy atom. The minimum absolute atomic E-state index is 0.0764. The van der Waals surface area contributed by atoms with Crippen LogP contribution in [0.5, 0.6) is 5.75 Å². The Balaban J connectivity index is 1.61. The first kappa shape index (κ1) is 29.6. The van der Waals surface area contributed by atoms with Crippen molar-refractivity contribution in [3.63, 3.8) is 0 Å². The molecule has 0 aliphatic heterocycles. The summed E-state index contributed by atoms with van der Waals surface area (Å²) >= 11 is 8.77. The van der Waals surface area contributed by atoms with Gasteiger partial charge in [-0.15, -0.1) is 0 Å². The molecule has 1 unspecified atom stereocenters. The molecule has 0 saturated heterocycles. The molecule has 202 valence electrons. The van der Waals surface area contributed by atoms with E-state index in [4.69, 9.17) is 17.0 Å². The number of benzene rings is 3. The maximum Gasteiger partial charge on any atom is 0.264 e. The molecule has 10 heteroatoms. The molecule has 0 fully saturated rings. The lowest BCUT2D eigenvalue weighted by Gasteiger charge is -2.23. The largest absolute Gasteiger partial charge is 0.490 e. The normalized spacial score (nSPS) is 11.9. The van der Waals surface area contributed by atoms with E-state index < -0.39 is 10.0 Å². The summed E-state index contributed by atoms with van der Waals surface area (Å²) in [5, 5.41) is 5.66. The third-order valence-corrected chi connectivity index (χ3v) is 8.49. The smallest absolute Gasteiger partial charge is 0.264 e. The molecule has 1 amide bonds. The van der Waals surface area contributed by atoms with Gasteiger partial charge in [-0.25, -0.2) is 8.42 Å². The van der Waals surface area contributed by atoms with E-state index >= 15 is 0 Å². The van der Waals surface area contributed by atoms with E-state index in [1.54, 1.807) is 61.5 Å². The molecular formula is C28H32BrN3O4S2. The molecule has 3 aromatic rings. The first-order chi connectivity index (χ1) is 18.1. The van der Waals surface area contributed by atoms with Crippen LogP contribution in [0.15, 0.2) is 82.2 Å². The first-order valence-electron chi connectivity index (χ1n) is 12.4. The molecule has 2 N–H and O–H groups in total. The van der Waals surface area contributed by atoms with E-state index in [-0.39, 0.29) is 22.0 Å². The number of nitrogens with zero attached hydrogens (tertiary/aromatic N) is 1. The Morgan fingerprint density at radius 2 is 1.74 bits per heavy atom. The van der Waals surface area contributed by atoms with Crippen molar-refractivity contribution in [1.82, 2.24) is 5.32 Å². The Morgan fingerprint density at radius 3 is 2.34 bits per heavy atom. The summed E-state index contributed by atoms with van der Waals surface area (Å²) < 4.78 is 34.3. The maximum atomic E-state index is 13.2. The minimum atomic E-state index is -3.74. The maximum absolute atomic E-state index is 13.2. The highest BCUT2D eigenvalue weighted by molar-refractivity contribution is 9.10. The summed E-state index contributed by atoms with van der Waals surface area (Å²) in [5.74, 6) is 0.296. The summed E-state index contributed by atoms with van der Waals surface area (Å²) in [6.45, 7) is 6.25. The minimum Gasteiger partial charge on any atom is -0.490 e. The molecule has 0 aliphatic rings. The van der Waals surface area contributed by atoms with Gasteiger partial charge in [0.15, 0.2) is 5.11 Å². The molecule has 3 aromatic carbocycles. The van der Waals surface area contributed by atoms with E-state index in [9.17, 15) is 13.2 Å². The number of hydrogen-bond acceptors (Lipinski definition) is 5. The molecule has 0 aromatic heterocycles. The van der Waals surface area contributed by atoms with Crippen molar-refractivity contribution >= 4 is 60.6 Å². The number of unbranched alkanes of at least 4 members (excludes halogenated alkanes) is 1. The molecule has 38 heavy (non-hydrogen) atoms. The van der Waals surface area contributed by atoms with Gasteiger partial charge in [0, 0.05) is 17.8 Å². The van der Waals surface area contributed by atoms with Gasteiger partial charge in [0.05, 0.1) is 21.2 Å². The summed E-state index contributed by atoms with van der Waals surface area (Å²) in [6, 6.07) is 20.3. The van der Waals surface area contributed by atoms with E-state index in [2.05, 4.69) is 33.5 Å². The lowest BCUT2D eigenvalue weighted by atomic mass is 10.2. The van der Waals surface area contributed by atoms with E-state index in [1.165, 1.54) is 16.4 Å². The molecule has 0 radical (unpaired) electrons. The van der Waals surface area contributed by atoms with Crippen LogP contribution in [0.4, 0.5) is 11.4 Å². The second kappa shape index (κ2) is 13.7. The third-order valence-electron chi connectivity index (χ3n) is 5.75. The van der Waals surface area contributed by atoms with Crippen LogP contribution in [0.1, 0.15) is 50.4 Å². The summed E-state index contributed by atoms with van der Waals surface area (Å²) in [4.78, 5) is 12.9. The zero-order valence-electron chi connectivity index (χ0n) is 21.6.